The van der Waals surface area contributed by atoms with Crippen LogP contribution in [0.15, 0.2) is 12.7 Å². The van der Waals surface area contributed by atoms with Crippen molar-refractivity contribution in [3.63, 3.8) is 0 Å². The Balaban J connectivity index is 3.10. The molecule has 0 aliphatic rings. The molecule has 0 saturated carbocycles. The average Bonchev–Trinajstić information content (AvgIpc) is 1.99. The molecular weight excluding hydrogens is 204 g/mol. The van der Waals surface area contributed by atoms with Gasteiger partial charge >= 0.3 is 0 Å². The van der Waals surface area contributed by atoms with E-state index in [0.717, 1.165) is 24.6 Å². The minimum atomic E-state index is 0.189. The minimum absolute atomic E-state index is 0.189. The fraction of sp³-hybridized carbons (Fsp3) is 0.556. The molecule has 0 spiro atoms. The van der Waals surface area contributed by atoms with Gasteiger partial charge in [-0.1, -0.05) is 28.4 Å². The number of rotatable bonds is 7. The maximum atomic E-state index is 10.9. The van der Waals surface area contributed by atoms with Crippen molar-refractivity contribution in [2.75, 3.05) is 5.33 Å². The van der Waals surface area contributed by atoms with Crippen molar-refractivity contribution in [2.24, 2.45) is 0 Å². The van der Waals surface area contributed by atoms with Crippen LogP contribution in [0, 0.1) is 6.42 Å². The molecule has 0 bridgehead atoms. The van der Waals surface area contributed by atoms with Crippen LogP contribution in [0.1, 0.15) is 25.7 Å². The van der Waals surface area contributed by atoms with Gasteiger partial charge in [0, 0.05) is 18.2 Å². The van der Waals surface area contributed by atoms with E-state index in [0.29, 0.717) is 6.42 Å². The second-order valence-electron chi connectivity index (χ2n) is 2.37. The lowest BCUT2D eigenvalue weighted by Crippen LogP contribution is -1.95. The monoisotopic (exact) mass is 217 g/mol. The number of alkyl halides is 1. The van der Waals surface area contributed by atoms with Crippen LogP contribution in [0.3, 0.4) is 0 Å². The molecule has 0 aromatic rings. The summed E-state index contributed by atoms with van der Waals surface area (Å²) in [6.45, 7) is 3.46. The molecule has 0 saturated heterocycles. The summed E-state index contributed by atoms with van der Waals surface area (Å²) in [5, 5.41) is 1.03. The first kappa shape index (κ1) is 10.9. The second-order valence-corrected chi connectivity index (χ2v) is 3.16. The Kier molecular flexibility index (Phi) is 7.91. The van der Waals surface area contributed by atoms with E-state index in [1.165, 1.54) is 6.42 Å². The van der Waals surface area contributed by atoms with Crippen molar-refractivity contribution in [1.29, 1.82) is 0 Å². The highest BCUT2D eigenvalue weighted by atomic mass is 79.9. The normalized spacial score (nSPS) is 9.55. The van der Waals surface area contributed by atoms with Crippen LogP contribution in [0.25, 0.3) is 0 Å². The molecule has 0 rings (SSSR count). The summed E-state index contributed by atoms with van der Waals surface area (Å²) < 4.78 is 0. The van der Waals surface area contributed by atoms with Crippen LogP contribution >= 0.6 is 15.9 Å². The standard InChI is InChI=1S/C9H14BrO/c1-2-6-9(11)7-4-3-5-8-10/h2,6H,1,3-5,7-8H2. The van der Waals surface area contributed by atoms with Crippen LogP contribution in [-0.2, 0) is 4.79 Å². The first-order valence-electron chi connectivity index (χ1n) is 3.86. The molecule has 0 atom stereocenters. The Morgan fingerprint density at radius 2 is 2.09 bits per heavy atom. The zero-order valence-corrected chi connectivity index (χ0v) is 8.27. The highest BCUT2D eigenvalue weighted by Gasteiger charge is 1.97. The molecule has 1 radical (unpaired) electrons. The summed E-state index contributed by atoms with van der Waals surface area (Å²) >= 11 is 3.34. The third-order valence-corrected chi connectivity index (χ3v) is 1.92. The van der Waals surface area contributed by atoms with E-state index >= 15 is 0 Å². The lowest BCUT2D eigenvalue weighted by molar-refractivity contribution is -0.115. The van der Waals surface area contributed by atoms with Gasteiger partial charge < -0.3 is 0 Å². The van der Waals surface area contributed by atoms with Gasteiger partial charge in [-0.3, -0.25) is 4.79 Å². The fourth-order valence-electron chi connectivity index (χ4n) is 0.785. The molecule has 0 fully saturated rings. The van der Waals surface area contributed by atoms with Crippen LogP contribution in [-0.4, -0.2) is 11.1 Å². The molecule has 0 aliphatic heterocycles. The lowest BCUT2D eigenvalue weighted by atomic mass is 10.1. The SMILES string of the molecule is C=C[CH]C(=O)CCCCCBr. The number of unbranched alkanes of at least 4 members (excludes halogenated alkanes) is 2. The Hall–Kier alpha value is -0.110. The van der Waals surface area contributed by atoms with Gasteiger partial charge in [0.2, 0.25) is 0 Å². The number of hydrogen-bond donors (Lipinski definition) is 0. The van der Waals surface area contributed by atoms with E-state index < -0.39 is 0 Å². The Morgan fingerprint density at radius 3 is 2.64 bits per heavy atom. The van der Waals surface area contributed by atoms with Gasteiger partial charge in [0.25, 0.3) is 0 Å². The number of ketones is 1. The topological polar surface area (TPSA) is 17.1 Å². The summed E-state index contributed by atoms with van der Waals surface area (Å²) in [5.74, 6) is 0.189. The van der Waals surface area contributed by atoms with E-state index in [1.807, 2.05) is 0 Å². The maximum Gasteiger partial charge on any atom is 0.140 e. The molecule has 0 aromatic carbocycles. The number of hydrogen-bond acceptors (Lipinski definition) is 1. The summed E-state index contributed by atoms with van der Waals surface area (Å²) in [5.41, 5.74) is 0. The quantitative estimate of drug-likeness (QED) is 0.474. The zero-order valence-electron chi connectivity index (χ0n) is 6.68. The van der Waals surface area contributed by atoms with E-state index in [9.17, 15) is 4.79 Å². The van der Waals surface area contributed by atoms with Gasteiger partial charge in [0.1, 0.15) is 5.78 Å². The van der Waals surface area contributed by atoms with E-state index in [4.69, 9.17) is 0 Å². The van der Waals surface area contributed by atoms with Crippen molar-refractivity contribution in [1.82, 2.24) is 0 Å². The third kappa shape index (κ3) is 7.79. The highest BCUT2D eigenvalue weighted by Crippen LogP contribution is 2.03. The predicted octanol–water partition coefficient (Wildman–Crippen LogP) is 2.90. The maximum absolute atomic E-state index is 10.9. The molecular formula is C9H14BrO. The van der Waals surface area contributed by atoms with Crippen LogP contribution in [0.5, 0.6) is 0 Å². The lowest BCUT2D eigenvalue weighted by Gasteiger charge is -1.95. The molecule has 0 N–H and O–H groups in total. The van der Waals surface area contributed by atoms with Gasteiger partial charge in [0.15, 0.2) is 0 Å². The van der Waals surface area contributed by atoms with Crippen molar-refractivity contribution in [3.05, 3.63) is 19.1 Å². The summed E-state index contributed by atoms with van der Waals surface area (Å²) in [6.07, 6.45) is 7.03. The first-order chi connectivity index (χ1) is 5.31. The van der Waals surface area contributed by atoms with E-state index in [1.54, 1.807) is 6.08 Å². The zero-order chi connectivity index (χ0) is 8.53. The minimum Gasteiger partial charge on any atom is -0.299 e. The van der Waals surface area contributed by atoms with Gasteiger partial charge in [-0.25, -0.2) is 0 Å². The average molecular weight is 218 g/mol. The predicted molar refractivity (Wildman–Crippen MR) is 51.8 cm³/mol. The molecule has 2 heteroatoms. The van der Waals surface area contributed by atoms with Gasteiger partial charge in [-0.15, -0.1) is 6.58 Å². The van der Waals surface area contributed by atoms with Crippen molar-refractivity contribution >= 4 is 21.7 Å². The Morgan fingerprint density at radius 1 is 1.36 bits per heavy atom. The summed E-state index contributed by atoms with van der Waals surface area (Å²) in [4.78, 5) is 10.9. The summed E-state index contributed by atoms with van der Waals surface area (Å²) in [7, 11) is 0. The molecule has 0 heterocycles. The molecule has 1 nitrogen and oxygen atoms in total. The Bertz CT molecular complexity index is 121. The number of carbonyl (C=O) groups is 1. The largest absolute Gasteiger partial charge is 0.299 e. The van der Waals surface area contributed by atoms with Crippen LogP contribution < -0.4 is 0 Å². The highest BCUT2D eigenvalue weighted by molar-refractivity contribution is 9.09. The Labute approximate surface area is 77.0 Å². The van der Waals surface area contributed by atoms with Crippen molar-refractivity contribution in [2.45, 2.75) is 25.7 Å². The molecule has 0 aromatic heterocycles. The van der Waals surface area contributed by atoms with Crippen molar-refractivity contribution in [3.8, 4) is 0 Å². The van der Waals surface area contributed by atoms with Crippen LogP contribution in [0.4, 0.5) is 0 Å². The first-order valence-corrected chi connectivity index (χ1v) is 4.98. The van der Waals surface area contributed by atoms with Gasteiger partial charge in [-0.05, 0) is 12.8 Å². The van der Waals surface area contributed by atoms with Gasteiger partial charge in [0.05, 0.1) is 0 Å². The molecule has 63 valence electrons. The molecule has 11 heavy (non-hydrogen) atoms. The van der Waals surface area contributed by atoms with E-state index in [-0.39, 0.29) is 5.78 Å². The third-order valence-electron chi connectivity index (χ3n) is 1.36. The van der Waals surface area contributed by atoms with Gasteiger partial charge in [-0.2, -0.15) is 0 Å². The van der Waals surface area contributed by atoms with E-state index in [2.05, 4.69) is 22.5 Å². The second kappa shape index (κ2) is 7.99. The summed E-state index contributed by atoms with van der Waals surface area (Å²) in [6, 6.07) is 0. The molecule has 0 unspecified atom stereocenters. The fourth-order valence-corrected chi connectivity index (χ4v) is 1.18. The molecule has 0 aliphatic carbocycles. The number of halogens is 1. The van der Waals surface area contributed by atoms with Crippen LogP contribution in [0.2, 0.25) is 0 Å². The molecule has 0 amide bonds. The number of allylic oxidation sites excluding steroid dienone is 1. The number of Topliss-reactive ketones (excluding diaryl/α,β-unsaturated/α-hetero) is 1. The van der Waals surface area contributed by atoms with Crippen molar-refractivity contribution < 1.29 is 4.79 Å². The smallest absolute Gasteiger partial charge is 0.140 e. The number of carbonyl (C=O) groups excluding carboxylic acids is 1.